The van der Waals surface area contributed by atoms with Crippen LogP contribution < -0.4 is 5.32 Å². The minimum absolute atomic E-state index is 0.428. The Morgan fingerprint density at radius 2 is 2.43 bits per heavy atom. The predicted molar refractivity (Wildman–Crippen MR) is 53.7 cm³/mol. The van der Waals surface area contributed by atoms with Gasteiger partial charge < -0.3 is 10.4 Å². The third kappa shape index (κ3) is 2.13. The van der Waals surface area contributed by atoms with Gasteiger partial charge in [0.2, 0.25) is 0 Å². The average Bonchev–Trinajstić information content (AvgIpc) is 2.49. The van der Waals surface area contributed by atoms with Crippen molar-refractivity contribution in [3.63, 3.8) is 0 Å². The summed E-state index contributed by atoms with van der Waals surface area (Å²) in [6, 6.07) is 0. The van der Waals surface area contributed by atoms with E-state index in [0.717, 1.165) is 31.4 Å². The number of nitrogens with one attached hydrogen (secondary N) is 1. The molecule has 0 unspecified atom stereocenters. The maximum atomic E-state index is 9.81. The number of aromatic nitrogens is 2. The maximum Gasteiger partial charge on any atom is 0.0771 e. The van der Waals surface area contributed by atoms with E-state index in [-0.39, 0.29) is 0 Å². The fraction of sp³-hybridized carbons (Fsp3) is 0.700. The summed E-state index contributed by atoms with van der Waals surface area (Å²) in [4.78, 5) is 0. The van der Waals surface area contributed by atoms with Crippen LogP contribution in [0.4, 0.5) is 0 Å². The third-order valence-electron chi connectivity index (χ3n) is 2.83. The van der Waals surface area contributed by atoms with Crippen molar-refractivity contribution in [2.75, 3.05) is 6.54 Å². The Morgan fingerprint density at radius 1 is 1.64 bits per heavy atom. The van der Waals surface area contributed by atoms with E-state index >= 15 is 0 Å². The van der Waals surface area contributed by atoms with E-state index in [1.54, 1.807) is 4.68 Å². The summed E-state index contributed by atoms with van der Waals surface area (Å²) in [5.74, 6) is 0. The number of aryl methyl sites for hydroxylation is 1. The fourth-order valence-electron chi connectivity index (χ4n) is 1.76. The molecule has 1 fully saturated rings. The van der Waals surface area contributed by atoms with E-state index < -0.39 is 5.60 Å². The second kappa shape index (κ2) is 3.71. The van der Waals surface area contributed by atoms with Gasteiger partial charge in [0.15, 0.2) is 0 Å². The van der Waals surface area contributed by atoms with Crippen LogP contribution in [0.1, 0.15) is 24.8 Å². The molecule has 78 valence electrons. The Kier molecular flexibility index (Phi) is 2.56. The summed E-state index contributed by atoms with van der Waals surface area (Å²) in [6.45, 7) is 1.48. The van der Waals surface area contributed by atoms with E-state index in [1.165, 1.54) is 0 Å². The van der Waals surface area contributed by atoms with Crippen molar-refractivity contribution in [1.29, 1.82) is 0 Å². The molecule has 1 heterocycles. The lowest BCUT2D eigenvalue weighted by atomic mass is 9.80. The van der Waals surface area contributed by atoms with Crippen molar-refractivity contribution in [2.45, 2.75) is 31.4 Å². The normalized spacial score (nSPS) is 19.3. The van der Waals surface area contributed by atoms with Crippen LogP contribution in [-0.4, -0.2) is 27.0 Å². The molecule has 1 aromatic heterocycles. The van der Waals surface area contributed by atoms with Gasteiger partial charge in [-0.05, 0) is 19.3 Å². The van der Waals surface area contributed by atoms with Crippen LogP contribution in [-0.2, 0) is 13.6 Å². The Balaban J connectivity index is 1.72. The zero-order valence-corrected chi connectivity index (χ0v) is 8.53. The van der Waals surface area contributed by atoms with Crippen LogP contribution in [0.25, 0.3) is 0 Å². The molecule has 0 aliphatic heterocycles. The van der Waals surface area contributed by atoms with Gasteiger partial charge in [0.05, 0.1) is 11.8 Å². The standard InChI is InChI=1S/C10H17N3O/c1-13-7-9(6-12-13)5-11-8-10(14)3-2-4-10/h6-7,11,14H,2-5,8H2,1H3. The van der Waals surface area contributed by atoms with Gasteiger partial charge in [0.1, 0.15) is 0 Å². The Bertz CT molecular complexity index is 304. The SMILES string of the molecule is Cn1cc(CNCC2(O)CCC2)cn1. The highest BCUT2D eigenvalue weighted by Crippen LogP contribution is 2.30. The number of hydrogen-bond acceptors (Lipinski definition) is 3. The van der Waals surface area contributed by atoms with Crippen molar-refractivity contribution in [1.82, 2.24) is 15.1 Å². The van der Waals surface area contributed by atoms with Crippen molar-refractivity contribution < 1.29 is 5.11 Å². The number of hydrogen-bond donors (Lipinski definition) is 2. The van der Waals surface area contributed by atoms with Crippen LogP contribution in [0.2, 0.25) is 0 Å². The second-order valence-corrected chi connectivity index (χ2v) is 4.20. The summed E-state index contributed by atoms with van der Waals surface area (Å²) in [5.41, 5.74) is 0.734. The monoisotopic (exact) mass is 195 g/mol. The van der Waals surface area contributed by atoms with Gasteiger partial charge in [0, 0.05) is 31.9 Å². The van der Waals surface area contributed by atoms with Crippen LogP contribution in [0.15, 0.2) is 12.4 Å². The first kappa shape index (κ1) is 9.68. The van der Waals surface area contributed by atoms with E-state index in [2.05, 4.69) is 10.4 Å². The lowest BCUT2D eigenvalue weighted by Crippen LogP contribution is -2.45. The minimum Gasteiger partial charge on any atom is -0.389 e. The molecule has 14 heavy (non-hydrogen) atoms. The molecule has 1 aliphatic carbocycles. The zero-order valence-electron chi connectivity index (χ0n) is 8.53. The summed E-state index contributed by atoms with van der Waals surface area (Å²) < 4.78 is 1.79. The van der Waals surface area contributed by atoms with Gasteiger partial charge in [-0.2, -0.15) is 5.10 Å². The molecule has 4 nitrogen and oxygen atoms in total. The van der Waals surface area contributed by atoms with E-state index in [0.29, 0.717) is 6.54 Å². The Morgan fingerprint density at radius 3 is 2.93 bits per heavy atom. The summed E-state index contributed by atoms with van der Waals surface area (Å²) >= 11 is 0. The molecule has 0 aromatic carbocycles. The smallest absolute Gasteiger partial charge is 0.0771 e. The number of rotatable bonds is 4. The molecule has 0 bridgehead atoms. The molecule has 4 heteroatoms. The first-order chi connectivity index (χ1) is 6.68. The van der Waals surface area contributed by atoms with Crippen LogP contribution in [0, 0.1) is 0 Å². The second-order valence-electron chi connectivity index (χ2n) is 4.20. The van der Waals surface area contributed by atoms with E-state index in [1.807, 2.05) is 19.4 Å². The highest BCUT2D eigenvalue weighted by molar-refractivity contribution is 5.03. The molecule has 1 saturated carbocycles. The lowest BCUT2D eigenvalue weighted by Gasteiger charge is -2.36. The van der Waals surface area contributed by atoms with Gasteiger partial charge in [-0.25, -0.2) is 0 Å². The molecule has 0 saturated heterocycles. The number of aliphatic hydroxyl groups is 1. The van der Waals surface area contributed by atoms with Gasteiger partial charge in [-0.1, -0.05) is 0 Å². The lowest BCUT2D eigenvalue weighted by molar-refractivity contribution is -0.0314. The van der Waals surface area contributed by atoms with Crippen molar-refractivity contribution in [3.8, 4) is 0 Å². The minimum atomic E-state index is -0.428. The summed E-state index contributed by atoms with van der Waals surface area (Å²) in [7, 11) is 1.91. The molecule has 0 amide bonds. The van der Waals surface area contributed by atoms with Crippen LogP contribution in [0.5, 0.6) is 0 Å². The van der Waals surface area contributed by atoms with Gasteiger partial charge >= 0.3 is 0 Å². The molecular formula is C10H17N3O. The first-order valence-electron chi connectivity index (χ1n) is 5.09. The molecule has 1 aliphatic rings. The van der Waals surface area contributed by atoms with Crippen molar-refractivity contribution in [3.05, 3.63) is 18.0 Å². The average molecular weight is 195 g/mol. The van der Waals surface area contributed by atoms with Gasteiger partial charge in [-0.15, -0.1) is 0 Å². The fourth-order valence-corrected chi connectivity index (χ4v) is 1.76. The molecule has 1 aromatic rings. The van der Waals surface area contributed by atoms with Crippen LogP contribution in [0.3, 0.4) is 0 Å². The largest absolute Gasteiger partial charge is 0.389 e. The van der Waals surface area contributed by atoms with E-state index in [4.69, 9.17) is 0 Å². The van der Waals surface area contributed by atoms with Gasteiger partial charge in [0.25, 0.3) is 0 Å². The number of nitrogens with zero attached hydrogens (tertiary/aromatic N) is 2. The highest BCUT2D eigenvalue weighted by Gasteiger charge is 2.33. The molecule has 0 atom stereocenters. The predicted octanol–water partition coefficient (Wildman–Crippen LogP) is 0.425. The highest BCUT2D eigenvalue weighted by atomic mass is 16.3. The van der Waals surface area contributed by atoms with E-state index in [9.17, 15) is 5.11 Å². The molecule has 0 spiro atoms. The Hall–Kier alpha value is -0.870. The maximum absolute atomic E-state index is 9.81. The Labute approximate surface area is 83.9 Å². The topological polar surface area (TPSA) is 50.1 Å². The molecular weight excluding hydrogens is 178 g/mol. The quantitative estimate of drug-likeness (QED) is 0.732. The first-order valence-corrected chi connectivity index (χ1v) is 5.09. The molecule has 2 rings (SSSR count). The molecule has 2 N–H and O–H groups in total. The zero-order chi connectivity index (χ0) is 10.0. The summed E-state index contributed by atoms with van der Waals surface area (Å²) in [5, 5.41) is 17.1. The van der Waals surface area contributed by atoms with Gasteiger partial charge in [-0.3, -0.25) is 4.68 Å². The van der Waals surface area contributed by atoms with Crippen molar-refractivity contribution in [2.24, 2.45) is 7.05 Å². The molecule has 0 radical (unpaired) electrons. The summed E-state index contributed by atoms with van der Waals surface area (Å²) in [6.07, 6.45) is 6.86. The van der Waals surface area contributed by atoms with Crippen LogP contribution >= 0.6 is 0 Å². The third-order valence-corrected chi connectivity index (χ3v) is 2.83. The van der Waals surface area contributed by atoms with Crippen molar-refractivity contribution >= 4 is 0 Å².